The van der Waals surface area contributed by atoms with Gasteiger partial charge in [0.15, 0.2) is 0 Å². The van der Waals surface area contributed by atoms with Crippen molar-refractivity contribution in [1.82, 2.24) is 0 Å². The standard InChI is InChI=1S/C69H48B3N3O/c1-43-36-44(2)66(45(3)37-43)72-55-29-17-19-31-64(55)76-65-42-61-56(40-57(65)72)71-54-35-33-49(47-22-10-5-11-23-47)39-60(54)75-59-38-48(46-20-8-4-9-21-46)32-34-53(59)70-52-28-16-18-30-58(52)73(50-24-12-6-13-25-50)62-41-63(68(71)69(75)67(62)70)74(61)51-26-14-7-15-27-51/h4-42H,1-3H3. The molecule has 0 N–H and O–H groups in total. The van der Waals surface area contributed by atoms with Gasteiger partial charge >= 0.3 is 0 Å². The lowest BCUT2D eigenvalue weighted by Gasteiger charge is -2.51. The minimum absolute atomic E-state index is 0.0390. The second-order valence-electron chi connectivity index (χ2n) is 21.3. The lowest BCUT2D eigenvalue weighted by molar-refractivity contribution is 0.488. The van der Waals surface area contributed by atoms with Crippen LogP contribution in [0.15, 0.2) is 237 Å². The van der Waals surface area contributed by atoms with Crippen molar-refractivity contribution in [3.8, 4) is 33.8 Å². The zero-order valence-electron chi connectivity index (χ0n) is 42.5. The molecule has 354 valence electrons. The molecule has 5 aliphatic rings. The molecule has 0 aliphatic carbocycles. The van der Waals surface area contributed by atoms with Crippen LogP contribution in [-0.4, -0.2) is 20.1 Å². The van der Waals surface area contributed by atoms with Crippen LogP contribution in [-0.2, 0) is 0 Å². The molecule has 4 nitrogen and oxygen atoms in total. The zero-order chi connectivity index (χ0) is 50.3. The minimum atomic E-state index is -0.133. The fourth-order valence-corrected chi connectivity index (χ4v) is 14.1. The van der Waals surface area contributed by atoms with E-state index in [1.165, 1.54) is 122 Å². The summed E-state index contributed by atoms with van der Waals surface area (Å²) in [6, 6.07) is 88.4. The molecule has 5 heterocycles. The Bertz CT molecular complexity index is 4200. The molecule has 0 spiro atoms. The molecule has 0 saturated heterocycles. The second kappa shape index (κ2) is 16.4. The monoisotopic (exact) mass is 967 g/mol. The summed E-state index contributed by atoms with van der Waals surface area (Å²) in [5, 5.41) is 0. The van der Waals surface area contributed by atoms with Gasteiger partial charge in [-0.25, -0.2) is 0 Å². The minimum Gasteiger partial charge on any atom is -0.458 e. The first-order chi connectivity index (χ1) is 37.5. The molecule has 0 aromatic heterocycles. The average molecular weight is 968 g/mol. The summed E-state index contributed by atoms with van der Waals surface area (Å²) in [4.78, 5) is 7.77. The number of anilines is 9. The van der Waals surface area contributed by atoms with Crippen molar-refractivity contribution in [1.29, 1.82) is 0 Å². The van der Waals surface area contributed by atoms with Crippen LogP contribution in [0.1, 0.15) is 16.7 Å². The first kappa shape index (κ1) is 43.2. The van der Waals surface area contributed by atoms with E-state index in [4.69, 9.17) is 4.74 Å². The number of nitrogens with zero attached hydrogens (tertiary/aromatic N) is 3. The van der Waals surface area contributed by atoms with Gasteiger partial charge < -0.3 is 19.4 Å². The summed E-state index contributed by atoms with van der Waals surface area (Å²) >= 11 is 0. The Hall–Kier alpha value is -9.19. The molecule has 11 aromatic carbocycles. The van der Waals surface area contributed by atoms with E-state index in [2.05, 4.69) is 272 Å². The maximum atomic E-state index is 7.20. The third-order valence-electron chi connectivity index (χ3n) is 17.0. The van der Waals surface area contributed by atoms with Crippen LogP contribution in [0.4, 0.5) is 51.2 Å². The van der Waals surface area contributed by atoms with Gasteiger partial charge in [0.25, 0.3) is 20.1 Å². The Morgan fingerprint density at radius 1 is 0.289 bits per heavy atom. The molecule has 16 rings (SSSR count). The SMILES string of the molecule is Cc1cc(C)c(B2c3ccccc3Oc3cc4c(cc32)B2c3ccc(-c5ccccc5)cc3N3c5cc(-c6ccccc6)ccc5B5c6ccccc6N(c6ccccc6)c6cc(c2c3c65)N4c2ccccc2)c(C)c1. The fourth-order valence-electron chi connectivity index (χ4n) is 14.1. The molecule has 0 bridgehead atoms. The van der Waals surface area contributed by atoms with E-state index in [9.17, 15) is 0 Å². The van der Waals surface area contributed by atoms with Crippen LogP contribution < -0.4 is 68.6 Å². The van der Waals surface area contributed by atoms with Crippen molar-refractivity contribution in [3.05, 3.63) is 253 Å². The predicted molar refractivity (Wildman–Crippen MR) is 323 cm³/mol. The van der Waals surface area contributed by atoms with Crippen molar-refractivity contribution in [2.24, 2.45) is 0 Å². The first-order valence-corrected chi connectivity index (χ1v) is 26.7. The van der Waals surface area contributed by atoms with E-state index < -0.39 is 0 Å². The van der Waals surface area contributed by atoms with E-state index in [1.54, 1.807) is 0 Å². The third-order valence-corrected chi connectivity index (χ3v) is 17.0. The summed E-state index contributed by atoms with van der Waals surface area (Å²) < 4.78 is 7.20. The van der Waals surface area contributed by atoms with Crippen molar-refractivity contribution >= 4 is 120 Å². The van der Waals surface area contributed by atoms with Crippen LogP contribution in [0.5, 0.6) is 11.5 Å². The average Bonchev–Trinajstić information content (AvgIpc) is 3.58. The fraction of sp³-hybridized carbons (Fsp3) is 0.0435. The summed E-state index contributed by atoms with van der Waals surface area (Å²) in [6.07, 6.45) is 0. The maximum absolute atomic E-state index is 7.20. The van der Waals surface area contributed by atoms with E-state index in [-0.39, 0.29) is 20.1 Å². The first-order valence-electron chi connectivity index (χ1n) is 26.7. The van der Waals surface area contributed by atoms with Crippen LogP contribution in [0.3, 0.4) is 0 Å². The molecule has 0 atom stereocenters. The Labute approximate surface area is 445 Å². The van der Waals surface area contributed by atoms with Gasteiger partial charge in [-0.1, -0.05) is 198 Å². The van der Waals surface area contributed by atoms with Gasteiger partial charge in [0.2, 0.25) is 0 Å². The Morgan fingerprint density at radius 3 is 1.34 bits per heavy atom. The molecule has 0 amide bonds. The quantitative estimate of drug-likeness (QED) is 0.160. The number of aryl methyl sites for hydroxylation is 3. The van der Waals surface area contributed by atoms with Crippen molar-refractivity contribution in [2.75, 3.05) is 14.7 Å². The van der Waals surface area contributed by atoms with Crippen LogP contribution >= 0.6 is 0 Å². The van der Waals surface area contributed by atoms with Crippen molar-refractivity contribution in [3.63, 3.8) is 0 Å². The van der Waals surface area contributed by atoms with Crippen LogP contribution in [0, 0.1) is 20.8 Å². The number of ether oxygens (including phenoxy) is 1. The zero-order valence-corrected chi connectivity index (χ0v) is 42.5. The molecule has 0 fully saturated rings. The Balaban J connectivity index is 1.06. The summed E-state index contributed by atoms with van der Waals surface area (Å²) in [5.41, 5.74) is 30.8. The molecular formula is C69H48B3N3O. The van der Waals surface area contributed by atoms with Gasteiger partial charge in [0.05, 0.1) is 0 Å². The highest BCUT2D eigenvalue weighted by atomic mass is 16.5. The van der Waals surface area contributed by atoms with Crippen molar-refractivity contribution in [2.45, 2.75) is 20.8 Å². The molecule has 76 heavy (non-hydrogen) atoms. The van der Waals surface area contributed by atoms with Gasteiger partial charge in [-0.3, -0.25) is 0 Å². The molecule has 7 heteroatoms. The lowest BCUT2D eigenvalue weighted by Crippen LogP contribution is -2.69. The highest BCUT2D eigenvalue weighted by molar-refractivity contribution is 7.05. The number of benzene rings is 11. The van der Waals surface area contributed by atoms with E-state index in [0.29, 0.717) is 0 Å². The highest BCUT2D eigenvalue weighted by Crippen LogP contribution is 2.51. The number of hydrogen-bond donors (Lipinski definition) is 0. The summed E-state index contributed by atoms with van der Waals surface area (Å²) in [6.45, 7) is 6.57. The van der Waals surface area contributed by atoms with Gasteiger partial charge in [0, 0.05) is 57.3 Å². The maximum Gasteiger partial charge on any atom is 0.252 e. The number of rotatable bonds is 5. The van der Waals surface area contributed by atoms with E-state index in [0.717, 1.165) is 28.6 Å². The lowest BCUT2D eigenvalue weighted by atomic mass is 9.28. The molecule has 11 aromatic rings. The summed E-state index contributed by atoms with van der Waals surface area (Å²) in [5.74, 6) is 1.80. The molecular weight excluding hydrogens is 919 g/mol. The van der Waals surface area contributed by atoms with Gasteiger partial charge in [-0.15, -0.1) is 0 Å². The topological polar surface area (TPSA) is 19.0 Å². The van der Waals surface area contributed by atoms with Crippen molar-refractivity contribution < 1.29 is 4.74 Å². The number of fused-ring (bicyclic) bond motifs is 12. The number of hydrogen-bond acceptors (Lipinski definition) is 4. The third kappa shape index (κ3) is 6.17. The normalized spacial score (nSPS) is 13.7. The molecule has 0 unspecified atom stereocenters. The Kier molecular flexibility index (Phi) is 9.33. The Morgan fingerprint density at radius 2 is 0.750 bits per heavy atom. The molecule has 0 saturated carbocycles. The predicted octanol–water partition coefficient (Wildman–Crippen LogP) is 11.3. The largest absolute Gasteiger partial charge is 0.458 e. The van der Waals surface area contributed by atoms with Gasteiger partial charge in [0.1, 0.15) is 11.5 Å². The second-order valence-corrected chi connectivity index (χ2v) is 21.3. The molecule has 5 aliphatic heterocycles. The molecule has 0 radical (unpaired) electrons. The van der Waals surface area contributed by atoms with Gasteiger partial charge in [-0.05, 0) is 141 Å². The van der Waals surface area contributed by atoms with Crippen LogP contribution in [0.25, 0.3) is 22.3 Å². The van der Waals surface area contributed by atoms with E-state index >= 15 is 0 Å². The van der Waals surface area contributed by atoms with Crippen LogP contribution in [0.2, 0.25) is 0 Å². The highest BCUT2D eigenvalue weighted by Gasteiger charge is 2.52. The van der Waals surface area contributed by atoms with Gasteiger partial charge in [-0.2, -0.15) is 0 Å². The smallest absolute Gasteiger partial charge is 0.252 e. The van der Waals surface area contributed by atoms with E-state index in [1.807, 2.05) is 0 Å². The summed E-state index contributed by atoms with van der Waals surface area (Å²) in [7, 11) is 0. The number of para-hydroxylation sites is 4.